The molecule has 0 aromatic heterocycles. The highest BCUT2D eigenvalue weighted by atomic mass is 35.5. The van der Waals surface area contributed by atoms with E-state index in [1.165, 1.54) is 60.7 Å². The Balaban J connectivity index is 1.69. The molecular weight excluding hydrogens is 514 g/mol. The Kier molecular flexibility index (Phi) is 7.62. The summed E-state index contributed by atoms with van der Waals surface area (Å²) < 4.78 is 46.4. The zero-order valence-electron chi connectivity index (χ0n) is 18.3. The summed E-state index contributed by atoms with van der Waals surface area (Å²) in [7, 11) is 0. The minimum Gasteiger partial charge on any atom is -0.425 e. The van der Waals surface area contributed by atoms with E-state index < -0.39 is 29.3 Å². The van der Waals surface area contributed by atoms with Gasteiger partial charge in [-0.1, -0.05) is 47.5 Å². The van der Waals surface area contributed by atoms with Crippen LogP contribution in [-0.2, 0) is 11.2 Å². The highest BCUT2D eigenvalue weighted by Gasteiger charge is 2.20. The van der Waals surface area contributed by atoms with Gasteiger partial charge in [0.05, 0.1) is 27.7 Å². The molecule has 0 fully saturated rings. The standard InChI is InChI=1S/C27H16Cl2F3NO3/c28-21-2-1-3-22(29)26(21)33-27(35)20-13-16(19-10-9-18(31)14-23(19)32)6-11-24(20)36-25(34)12-15-4-7-17(30)8-5-15/h1-11,13-14H,12H2,(H,33,35). The second kappa shape index (κ2) is 10.8. The first kappa shape index (κ1) is 25.3. The number of benzene rings is 4. The highest BCUT2D eigenvalue weighted by Crippen LogP contribution is 2.33. The molecule has 0 aliphatic carbocycles. The Labute approximate surface area is 214 Å². The predicted molar refractivity (Wildman–Crippen MR) is 132 cm³/mol. The molecule has 0 saturated carbocycles. The number of rotatable bonds is 6. The lowest BCUT2D eigenvalue weighted by Gasteiger charge is -2.14. The zero-order valence-corrected chi connectivity index (χ0v) is 19.8. The maximum Gasteiger partial charge on any atom is 0.315 e. The maximum absolute atomic E-state index is 14.4. The lowest BCUT2D eigenvalue weighted by atomic mass is 10.0. The summed E-state index contributed by atoms with van der Waals surface area (Å²) in [6.45, 7) is 0. The van der Waals surface area contributed by atoms with Gasteiger partial charge in [-0.15, -0.1) is 0 Å². The Morgan fingerprint density at radius 1 is 0.806 bits per heavy atom. The van der Waals surface area contributed by atoms with Crippen molar-refractivity contribution >= 4 is 40.8 Å². The van der Waals surface area contributed by atoms with Crippen LogP contribution in [0.25, 0.3) is 11.1 Å². The topological polar surface area (TPSA) is 55.4 Å². The molecule has 0 atom stereocenters. The van der Waals surface area contributed by atoms with Crippen molar-refractivity contribution in [2.45, 2.75) is 6.42 Å². The Bertz CT molecular complexity index is 1440. The molecule has 0 spiro atoms. The Morgan fingerprint density at radius 3 is 2.14 bits per heavy atom. The van der Waals surface area contributed by atoms with Crippen molar-refractivity contribution in [1.29, 1.82) is 0 Å². The molecule has 1 N–H and O–H groups in total. The summed E-state index contributed by atoms with van der Waals surface area (Å²) in [6, 6.07) is 17.0. The fourth-order valence-electron chi connectivity index (χ4n) is 3.41. The van der Waals surface area contributed by atoms with Crippen molar-refractivity contribution in [1.82, 2.24) is 0 Å². The van der Waals surface area contributed by atoms with Gasteiger partial charge in [-0.05, 0) is 59.7 Å². The van der Waals surface area contributed by atoms with Gasteiger partial charge in [0.25, 0.3) is 5.91 Å². The summed E-state index contributed by atoms with van der Waals surface area (Å²) in [5, 5.41) is 2.92. The fourth-order valence-corrected chi connectivity index (χ4v) is 3.91. The van der Waals surface area contributed by atoms with Crippen molar-refractivity contribution in [2.75, 3.05) is 5.32 Å². The van der Waals surface area contributed by atoms with Crippen LogP contribution >= 0.6 is 23.2 Å². The number of carbonyl (C=O) groups is 2. The van der Waals surface area contributed by atoms with Crippen LogP contribution in [0.5, 0.6) is 5.75 Å². The molecule has 4 aromatic rings. The van der Waals surface area contributed by atoms with Crippen molar-refractivity contribution in [3.8, 4) is 16.9 Å². The summed E-state index contributed by atoms with van der Waals surface area (Å²) in [5.41, 5.74) is 0.777. The van der Waals surface area contributed by atoms with Gasteiger partial charge in [-0.25, -0.2) is 13.2 Å². The van der Waals surface area contributed by atoms with Gasteiger partial charge >= 0.3 is 5.97 Å². The van der Waals surface area contributed by atoms with Crippen LogP contribution in [0.1, 0.15) is 15.9 Å². The van der Waals surface area contributed by atoms with Gasteiger partial charge in [0.2, 0.25) is 0 Å². The molecule has 9 heteroatoms. The van der Waals surface area contributed by atoms with Gasteiger partial charge in [0.1, 0.15) is 23.2 Å². The van der Waals surface area contributed by atoms with Crippen LogP contribution in [0, 0.1) is 17.5 Å². The molecule has 36 heavy (non-hydrogen) atoms. The molecule has 0 aliphatic rings. The predicted octanol–water partition coefficient (Wildman–Crippen LogP) is 7.48. The molecule has 0 radical (unpaired) electrons. The van der Waals surface area contributed by atoms with Gasteiger partial charge in [-0.3, -0.25) is 9.59 Å². The molecule has 0 heterocycles. The maximum atomic E-state index is 14.4. The van der Waals surface area contributed by atoms with Gasteiger partial charge in [-0.2, -0.15) is 0 Å². The third kappa shape index (κ3) is 5.87. The number of para-hydroxylation sites is 1. The first-order valence-electron chi connectivity index (χ1n) is 10.5. The average Bonchev–Trinajstić information content (AvgIpc) is 2.83. The zero-order chi connectivity index (χ0) is 25.8. The van der Waals surface area contributed by atoms with Gasteiger partial charge in [0, 0.05) is 11.6 Å². The quantitative estimate of drug-likeness (QED) is 0.208. The SMILES string of the molecule is O=C(Cc1ccc(F)cc1)Oc1ccc(-c2ccc(F)cc2F)cc1C(=O)Nc1c(Cl)cccc1Cl. The fraction of sp³-hybridized carbons (Fsp3) is 0.0370. The van der Waals surface area contributed by atoms with Crippen molar-refractivity contribution in [3.63, 3.8) is 0 Å². The first-order chi connectivity index (χ1) is 17.2. The Hall–Kier alpha value is -3.81. The minimum atomic E-state index is -0.837. The van der Waals surface area contributed by atoms with E-state index in [0.717, 1.165) is 12.1 Å². The molecular formula is C27H16Cl2F3NO3. The van der Waals surface area contributed by atoms with E-state index in [9.17, 15) is 22.8 Å². The normalized spacial score (nSPS) is 10.7. The Morgan fingerprint density at radius 2 is 1.47 bits per heavy atom. The number of carbonyl (C=O) groups excluding carboxylic acids is 2. The van der Waals surface area contributed by atoms with Gasteiger partial charge in [0.15, 0.2) is 0 Å². The summed E-state index contributed by atoms with van der Waals surface area (Å²) in [6.07, 6.45) is -0.188. The van der Waals surface area contributed by atoms with E-state index >= 15 is 0 Å². The summed E-state index contributed by atoms with van der Waals surface area (Å²) in [5.74, 6) is -3.61. The van der Waals surface area contributed by atoms with Gasteiger partial charge < -0.3 is 10.1 Å². The number of anilines is 1. The summed E-state index contributed by atoms with van der Waals surface area (Å²) >= 11 is 12.3. The van der Waals surface area contributed by atoms with Crippen LogP contribution in [0.4, 0.5) is 18.9 Å². The molecule has 4 rings (SSSR count). The number of ether oxygens (including phenoxy) is 1. The number of halogens is 5. The van der Waals surface area contributed by atoms with Crippen molar-refractivity contribution in [3.05, 3.63) is 117 Å². The molecule has 0 unspecified atom stereocenters. The first-order valence-corrected chi connectivity index (χ1v) is 11.3. The number of amides is 1. The third-order valence-electron chi connectivity index (χ3n) is 5.15. The number of nitrogens with one attached hydrogen (secondary N) is 1. The second-order valence-electron chi connectivity index (χ2n) is 7.66. The van der Waals surface area contributed by atoms with E-state index in [4.69, 9.17) is 27.9 Å². The summed E-state index contributed by atoms with van der Waals surface area (Å²) in [4.78, 5) is 25.8. The third-order valence-corrected chi connectivity index (χ3v) is 5.78. The van der Waals surface area contributed by atoms with Crippen LogP contribution in [0.3, 0.4) is 0 Å². The van der Waals surface area contributed by atoms with Crippen molar-refractivity contribution < 1.29 is 27.5 Å². The lowest BCUT2D eigenvalue weighted by Crippen LogP contribution is -2.17. The lowest BCUT2D eigenvalue weighted by molar-refractivity contribution is -0.133. The second-order valence-corrected chi connectivity index (χ2v) is 8.48. The van der Waals surface area contributed by atoms with E-state index in [2.05, 4.69) is 5.32 Å². The van der Waals surface area contributed by atoms with Crippen LogP contribution in [0.15, 0.2) is 78.9 Å². The van der Waals surface area contributed by atoms with E-state index in [1.54, 1.807) is 6.07 Å². The monoisotopic (exact) mass is 529 g/mol. The van der Waals surface area contributed by atoms with E-state index in [-0.39, 0.29) is 44.6 Å². The smallest absolute Gasteiger partial charge is 0.315 e. The minimum absolute atomic E-state index is 0.0328. The average molecular weight is 530 g/mol. The van der Waals surface area contributed by atoms with Crippen LogP contribution in [0.2, 0.25) is 10.0 Å². The molecule has 0 aliphatic heterocycles. The largest absolute Gasteiger partial charge is 0.425 e. The molecule has 182 valence electrons. The molecule has 1 amide bonds. The van der Waals surface area contributed by atoms with Crippen molar-refractivity contribution in [2.24, 2.45) is 0 Å². The van der Waals surface area contributed by atoms with E-state index in [1.807, 2.05) is 0 Å². The number of hydrogen-bond donors (Lipinski definition) is 1. The molecule has 0 saturated heterocycles. The molecule has 4 nitrogen and oxygen atoms in total. The number of hydrogen-bond acceptors (Lipinski definition) is 3. The molecule has 4 aromatic carbocycles. The molecule has 0 bridgehead atoms. The highest BCUT2D eigenvalue weighted by molar-refractivity contribution is 6.40. The number of esters is 1. The van der Waals surface area contributed by atoms with Crippen LogP contribution < -0.4 is 10.1 Å². The van der Waals surface area contributed by atoms with Crippen LogP contribution in [-0.4, -0.2) is 11.9 Å². The van der Waals surface area contributed by atoms with E-state index in [0.29, 0.717) is 5.56 Å².